The summed E-state index contributed by atoms with van der Waals surface area (Å²) in [6, 6.07) is 7.81. The first-order valence-corrected chi connectivity index (χ1v) is 7.74. The highest BCUT2D eigenvalue weighted by Crippen LogP contribution is 2.30. The average molecular weight is 320 g/mol. The van der Waals surface area contributed by atoms with Crippen LogP contribution in [-0.2, 0) is 9.59 Å². The number of nitrogens with zero attached hydrogens (tertiary/aromatic N) is 1. The van der Waals surface area contributed by atoms with E-state index in [4.69, 9.17) is 9.84 Å². The lowest BCUT2D eigenvalue weighted by molar-refractivity contribution is -0.149. The average Bonchev–Trinajstić information content (AvgIpc) is 2.94. The van der Waals surface area contributed by atoms with Crippen molar-refractivity contribution in [2.24, 2.45) is 5.41 Å². The highest BCUT2D eigenvalue weighted by atomic mass is 16.5. The predicted octanol–water partition coefficient (Wildman–Crippen LogP) is 1.89. The minimum Gasteiger partial charge on any atom is -0.495 e. The lowest BCUT2D eigenvalue weighted by atomic mass is 9.89. The largest absolute Gasteiger partial charge is 0.495 e. The van der Waals surface area contributed by atoms with Crippen LogP contribution in [0.15, 0.2) is 24.3 Å². The van der Waals surface area contributed by atoms with Gasteiger partial charge in [0, 0.05) is 25.6 Å². The Morgan fingerprint density at radius 1 is 1.39 bits per heavy atom. The molecule has 1 aliphatic heterocycles. The van der Waals surface area contributed by atoms with E-state index in [0.29, 0.717) is 6.54 Å². The molecular formula is C17H24N2O4. The van der Waals surface area contributed by atoms with Crippen molar-refractivity contribution in [1.82, 2.24) is 5.32 Å². The number of carboxylic acid groups (broad SMARTS) is 1. The summed E-state index contributed by atoms with van der Waals surface area (Å²) in [4.78, 5) is 25.3. The number of carbonyl (C=O) groups excluding carboxylic acids is 1. The normalized spacial score (nSPS) is 17.9. The third-order valence-corrected chi connectivity index (χ3v) is 4.16. The third kappa shape index (κ3) is 4.15. The molecule has 0 bridgehead atoms. The Morgan fingerprint density at radius 3 is 2.74 bits per heavy atom. The number of benzene rings is 1. The molecule has 1 aromatic rings. The maximum atomic E-state index is 12.1. The summed E-state index contributed by atoms with van der Waals surface area (Å²) in [5, 5.41) is 12.0. The number of methoxy groups -OCH3 is 1. The fraction of sp³-hybridized carbons (Fsp3) is 0.529. The molecule has 2 N–H and O–H groups in total. The molecule has 1 amide bonds. The Bertz CT molecular complexity index is 586. The van der Waals surface area contributed by atoms with Gasteiger partial charge in [0.05, 0.1) is 18.2 Å². The van der Waals surface area contributed by atoms with Gasteiger partial charge in [-0.15, -0.1) is 0 Å². The lowest BCUT2D eigenvalue weighted by Crippen LogP contribution is -2.40. The molecule has 6 heteroatoms. The minimum atomic E-state index is -1.05. The van der Waals surface area contributed by atoms with E-state index in [2.05, 4.69) is 10.2 Å². The van der Waals surface area contributed by atoms with Gasteiger partial charge in [0.2, 0.25) is 5.91 Å². The standard InChI is InChI=1S/C17H24N2O4/c1-17(2,16(21)22)10-15(20)18-12-8-9-19(11-12)13-6-4-5-7-14(13)23-3/h4-7,12H,8-11H2,1-3H3,(H,18,20)(H,21,22). The maximum Gasteiger partial charge on any atom is 0.309 e. The number of amides is 1. The first kappa shape index (κ1) is 17.1. The number of rotatable bonds is 6. The number of nitrogens with one attached hydrogen (secondary N) is 1. The van der Waals surface area contributed by atoms with Crippen molar-refractivity contribution in [3.63, 3.8) is 0 Å². The Labute approximate surface area is 136 Å². The van der Waals surface area contributed by atoms with Crippen molar-refractivity contribution in [3.8, 4) is 5.75 Å². The number of hydrogen-bond donors (Lipinski definition) is 2. The lowest BCUT2D eigenvalue weighted by Gasteiger charge is -2.22. The predicted molar refractivity (Wildman–Crippen MR) is 87.8 cm³/mol. The zero-order chi connectivity index (χ0) is 17.0. The highest BCUT2D eigenvalue weighted by molar-refractivity contribution is 5.84. The molecule has 1 saturated heterocycles. The van der Waals surface area contributed by atoms with Crippen LogP contribution in [0.3, 0.4) is 0 Å². The number of carbonyl (C=O) groups is 2. The molecule has 2 rings (SSSR count). The van der Waals surface area contributed by atoms with Crippen LogP contribution >= 0.6 is 0 Å². The molecule has 0 spiro atoms. The molecule has 23 heavy (non-hydrogen) atoms. The van der Waals surface area contributed by atoms with Gasteiger partial charge in [0.15, 0.2) is 0 Å². The number of hydrogen-bond acceptors (Lipinski definition) is 4. The van der Waals surface area contributed by atoms with E-state index in [1.807, 2.05) is 24.3 Å². The summed E-state index contributed by atoms with van der Waals surface area (Å²) in [6.07, 6.45) is 0.810. The van der Waals surface area contributed by atoms with Crippen LogP contribution in [0.5, 0.6) is 5.75 Å². The molecule has 6 nitrogen and oxygen atoms in total. The van der Waals surface area contributed by atoms with Gasteiger partial charge < -0.3 is 20.1 Å². The number of ether oxygens (including phenoxy) is 1. The van der Waals surface area contributed by atoms with Crippen molar-refractivity contribution in [2.75, 3.05) is 25.1 Å². The first-order chi connectivity index (χ1) is 10.8. The smallest absolute Gasteiger partial charge is 0.309 e. The van der Waals surface area contributed by atoms with E-state index in [1.165, 1.54) is 0 Å². The Balaban J connectivity index is 1.93. The van der Waals surface area contributed by atoms with Gasteiger partial charge in [-0.2, -0.15) is 0 Å². The zero-order valence-corrected chi connectivity index (χ0v) is 13.8. The number of para-hydroxylation sites is 2. The van der Waals surface area contributed by atoms with Gasteiger partial charge in [-0.05, 0) is 32.4 Å². The molecule has 0 radical (unpaired) electrons. The van der Waals surface area contributed by atoms with Crippen molar-refractivity contribution < 1.29 is 19.4 Å². The quantitative estimate of drug-likeness (QED) is 0.837. The second-order valence-electron chi connectivity index (χ2n) is 6.54. The van der Waals surface area contributed by atoms with E-state index in [1.54, 1.807) is 21.0 Å². The first-order valence-electron chi connectivity index (χ1n) is 7.74. The molecule has 1 aromatic carbocycles. The third-order valence-electron chi connectivity index (χ3n) is 4.16. The van der Waals surface area contributed by atoms with Gasteiger partial charge in [0.1, 0.15) is 5.75 Å². The highest BCUT2D eigenvalue weighted by Gasteiger charge is 2.32. The van der Waals surface area contributed by atoms with Gasteiger partial charge in [-0.3, -0.25) is 9.59 Å². The maximum absolute atomic E-state index is 12.1. The van der Waals surface area contributed by atoms with E-state index in [9.17, 15) is 9.59 Å². The topological polar surface area (TPSA) is 78.9 Å². The summed E-state index contributed by atoms with van der Waals surface area (Å²) in [5.41, 5.74) is -0.0389. The number of aliphatic carboxylic acids is 1. The van der Waals surface area contributed by atoms with E-state index in [-0.39, 0.29) is 18.4 Å². The molecule has 1 heterocycles. The van der Waals surface area contributed by atoms with Gasteiger partial charge in [-0.25, -0.2) is 0 Å². The zero-order valence-electron chi connectivity index (χ0n) is 13.8. The second kappa shape index (κ2) is 6.89. The second-order valence-corrected chi connectivity index (χ2v) is 6.54. The number of carboxylic acids is 1. The van der Waals surface area contributed by atoms with Crippen molar-refractivity contribution in [2.45, 2.75) is 32.7 Å². The van der Waals surface area contributed by atoms with Crippen LogP contribution in [0.1, 0.15) is 26.7 Å². The van der Waals surface area contributed by atoms with Crippen LogP contribution in [0.2, 0.25) is 0 Å². The van der Waals surface area contributed by atoms with Crippen molar-refractivity contribution in [3.05, 3.63) is 24.3 Å². The van der Waals surface area contributed by atoms with E-state index < -0.39 is 11.4 Å². The fourth-order valence-electron chi connectivity index (χ4n) is 2.74. The molecule has 0 aromatic heterocycles. The number of anilines is 1. The summed E-state index contributed by atoms with van der Waals surface area (Å²) >= 11 is 0. The molecule has 126 valence electrons. The van der Waals surface area contributed by atoms with E-state index >= 15 is 0 Å². The molecular weight excluding hydrogens is 296 g/mol. The Kier molecular flexibility index (Phi) is 5.13. The summed E-state index contributed by atoms with van der Waals surface area (Å²) in [5.74, 6) is -0.370. The van der Waals surface area contributed by atoms with Crippen LogP contribution in [-0.4, -0.2) is 43.2 Å². The molecule has 0 saturated carbocycles. The van der Waals surface area contributed by atoms with Gasteiger partial charge in [-0.1, -0.05) is 12.1 Å². The van der Waals surface area contributed by atoms with Crippen LogP contribution in [0.25, 0.3) is 0 Å². The summed E-state index contributed by atoms with van der Waals surface area (Å²) in [7, 11) is 1.64. The molecule has 1 fully saturated rings. The molecule has 1 atom stereocenters. The van der Waals surface area contributed by atoms with Crippen molar-refractivity contribution in [1.29, 1.82) is 0 Å². The molecule has 1 unspecified atom stereocenters. The van der Waals surface area contributed by atoms with E-state index in [0.717, 1.165) is 24.4 Å². The molecule has 0 aliphatic carbocycles. The van der Waals surface area contributed by atoms with Crippen molar-refractivity contribution >= 4 is 17.6 Å². The SMILES string of the molecule is COc1ccccc1N1CCC(NC(=O)CC(C)(C)C(=O)O)C1. The molecule has 1 aliphatic rings. The van der Waals surface area contributed by atoms with Gasteiger partial charge in [0.25, 0.3) is 0 Å². The summed E-state index contributed by atoms with van der Waals surface area (Å²) < 4.78 is 5.37. The Hall–Kier alpha value is -2.24. The van der Waals surface area contributed by atoms with Crippen LogP contribution in [0, 0.1) is 5.41 Å². The monoisotopic (exact) mass is 320 g/mol. The van der Waals surface area contributed by atoms with Gasteiger partial charge >= 0.3 is 5.97 Å². The fourth-order valence-corrected chi connectivity index (χ4v) is 2.74. The minimum absolute atomic E-state index is 0.0203. The van der Waals surface area contributed by atoms with Crippen LogP contribution < -0.4 is 15.0 Å². The van der Waals surface area contributed by atoms with Crippen LogP contribution in [0.4, 0.5) is 5.69 Å². The summed E-state index contributed by atoms with van der Waals surface area (Å²) in [6.45, 7) is 4.64. The Morgan fingerprint density at radius 2 is 2.09 bits per heavy atom.